The molecule has 1 fully saturated rings. The molecule has 0 radical (unpaired) electrons. The van der Waals surface area contributed by atoms with Gasteiger partial charge >= 0.3 is 11.9 Å². The van der Waals surface area contributed by atoms with Gasteiger partial charge in [-0.3, -0.25) is 0 Å². The molecule has 5 heteroatoms. The lowest BCUT2D eigenvalue weighted by atomic mass is 10.2. The van der Waals surface area contributed by atoms with E-state index in [1.165, 1.54) is 0 Å². The summed E-state index contributed by atoms with van der Waals surface area (Å²) in [6, 6.07) is 0. The van der Waals surface area contributed by atoms with Gasteiger partial charge in [0, 0.05) is 11.1 Å². The van der Waals surface area contributed by atoms with Crippen LogP contribution in [0.1, 0.15) is 27.2 Å². The van der Waals surface area contributed by atoms with Crippen molar-refractivity contribution in [1.82, 2.24) is 0 Å². The normalized spacial score (nSPS) is 19.1. The second-order valence-electron chi connectivity index (χ2n) is 3.66. The summed E-state index contributed by atoms with van der Waals surface area (Å²) in [5.41, 5.74) is 0.788. The second-order valence-corrected chi connectivity index (χ2v) is 3.66. The van der Waals surface area contributed by atoms with Crippen LogP contribution in [0, 0.1) is 0 Å². The molecular weight excluding hydrogens is 224 g/mol. The molecule has 0 spiro atoms. The number of epoxide rings is 1. The first-order chi connectivity index (χ1) is 7.88. The molecule has 0 aliphatic carbocycles. The molecular formula is C12H18O5. The second kappa shape index (κ2) is 7.62. The molecule has 0 amide bonds. The predicted molar refractivity (Wildman–Crippen MR) is 62.8 cm³/mol. The van der Waals surface area contributed by atoms with Crippen molar-refractivity contribution in [1.29, 1.82) is 0 Å². The van der Waals surface area contributed by atoms with Gasteiger partial charge in [-0.05, 0) is 27.2 Å². The van der Waals surface area contributed by atoms with Gasteiger partial charge in [0.25, 0.3) is 0 Å². The minimum Gasteiger partial charge on any atom is -0.478 e. The Bertz CT molecular complexity index is 337. The minimum absolute atomic E-state index is 0.286. The smallest absolute Gasteiger partial charge is 0.330 e. The predicted octanol–water partition coefficient (Wildman–Crippen LogP) is 1.84. The highest BCUT2D eigenvalue weighted by molar-refractivity contribution is 5.86. The lowest BCUT2D eigenvalue weighted by Crippen LogP contribution is -1.96. The number of carboxylic acid groups (broad SMARTS) is 2. The average Bonchev–Trinajstić information content (AvgIpc) is 3.09. The van der Waals surface area contributed by atoms with E-state index < -0.39 is 11.9 Å². The standard InChI is InChI=1S/C7H10O3.C5H8O2/c1-5(7(8)9)2-3-6-4-10-6;1-3-4(2)5(6)7/h2,6H,3-4H2,1H3,(H,8,9);3H,1-2H3,(H,6,7)/b5-2+;4-3+. The summed E-state index contributed by atoms with van der Waals surface area (Å²) in [5, 5.41) is 16.5. The summed E-state index contributed by atoms with van der Waals surface area (Å²) < 4.78 is 4.90. The van der Waals surface area contributed by atoms with E-state index in [2.05, 4.69) is 0 Å². The highest BCUT2D eigenvalue weighted by Crippen LogP contribution is 2.14. The zero-order chi connectivity index (χ0) is 13.4. The molecule has 1 heterocycles. The Kier molecular flexibility index (Phi) is 6.89. The fourth-order valence-corrected chi connectivity index (χ4v) is 0.723. The Labute approximate surface area is 100 Å². The molecule has 0 aromatic rings. The van der Waals surface area contributed by atoms with Crippen LogP contribution in [0.2, 0.25) is 0 Å². The van der Waals surface area contributed by atoms with Crippen molar-refractivity contribution in [3.63, 3.8) is 0 Å². The van der Waals surface area contributed by atoms with Crippen molar-refractivity contribution in [2.24, 2.45) is 0 Å². The largest absolute Gasteiger partial charge is 0.478 e. The Morgan fingerprint density at radius 1 is 1.24 bits per heavy atom. The van der Waals surface area contributed by atoms with Gasteiger partial charge in [-0.25, -0.2) is 9.59 Å². The van der Waals surface area contributed by atoms with E-state index >= 15 is 0 Å². The van der Waals surface area contributed by atoms with Gasteiger partial charge in [0.15, 0.2) is 0 Å². The van der Waals surface area contributed by atoms with Gasteiger partial charge in [-0.2, -0.15) is 0 Å². The number of ether oxygens (including phenoxy) is 1. The molecule has 1 unspecified atom stereocenters. The first-order valence-electron chi connectivity index (χ1n) is 5.26. The molecule has 5 nitrogen and oxygen atoms in total. The lowest BCUT2D eigenvalue weighted by molar-refractivity contribution is -0.133. The van der Waals surface area contributed by atoms with Crippen molar-refractivity contribution in [2.45, 2.75) is 33.3 Å². The molecule has 96 valence electrons. The fourth-order valence-electron chi connectivity index (χ4n) is 0.723. The maximum Gasteiger partial charge on any atom is 0.330 e. The highest BCUT2D eigenvalue weighted by atomic mass is 16.6. The maximum absolute atomic E-state index is 10.2. The van der Waals surface area contributed by atoms with E-state index in [-0.39, 0.29) is 6.10 Å². The first kappa shape index (κ1) is 15.4. The summed E-state index contributed by atoms with van der Waals surface area (Å²) in [6.45, 7) is 5.62. The van der Waals surface area contributed by atoms with E-state index in [4.69, 9.17) is 14.9 Å². The molecule has 0 bridgehead atoms. The summed E-state index contributed by atoms with van der Waals surface area (Å²) in [6.07, 6.45) is 4.27. The van der Waals surface area contributed by atoms with Gasteiger partial charge in [0.2, 0.25) is 0 Å². The molecule has 17 heavy (non-hydrogen) atoms. The molecule has 2 N–H and O–H groups in total. The van der Waals surface area contributed by atoms with E-state index in [9.17, 15) is 9.59 Å². The quantitative estimate of drug-likeness (QED) is 0.580. The summed E-state index contributed by atoms with van der Waals surface area (Å²) in [5.74, 6) is -1.69. The number of aliphatic carboxylic acids is 2. The SMILES string of the molecule is C/C(=C\CC1CO1)C(=O)O.C/C=C(\C)C(=O)O. The Balaban J connectivity index is 0.000000325. The van der Waals surface area contributed by atoms with Crippen LogP contribution in [-0.4, -0.2) is 34.9 Å². The summed E-state index contributed by atoms with van der Waals surface area (Å²) in [4.78, 5) is 20.1. The van der Waals surface area contributed by atoms with Crippen LogP contribution in [0.25, 0.3) is 0 Å². The maximum atomic E-state index is 10.2. The third kappa shape index (κ3) is 8.21. The molecule has 0 aromatic carbocycles. The number of hydrogen-bond donors (Lipinski definition) is 2. The van der Waals surface area contributed by atoms with E-state index in [0.717, 1.165) is 13.0 Å². The van der Waals surface area contributed by atoms with Crippen LogP contribution in [0.3, 0.4) is 0 Å². The fraction of sp³-hybridized carbons (Fsp3) is 0.500. The molecule has 1 aliphatic rings. The third-order valence-electron chi connectivity index (χ3n) is 2.20. The van der Waals surface area contributed by atoms with Crippen molar-refractivity contribution in [3.8, 4) is 0 Å². The van der Waals surface area contributed by atoms with Crippen molar-refractivity contribution >= 4 is 11.9 Å². The Morgan fingerprint density at radius 3 is 1.94 bits per heavy atom. The topological polar surface area (TPSA) is 87.1 Å². The van der Waals surface area contributed by atoms with Gasteiger partial charge in [-0.1, -0.05) is 12.2 Å². The molecule has 1 atom stereocenters. The molecule has 1 saturated heterocycles. The van der Waals surface area contributed by atoms with Crippen LogP contribution in [0.4, 0.5) is 0 Å². The number of rotatable bonds is 4. The molecule has 1 rings (SSSR count). The Hall–Kier alpha value is -1.62. The van der Waals surface area contributed by atoms with Gasteiger partial charge in [0.1, 0.15) is 0 Å². The summed E-state index contributed by atoms with van der Waals surface area (Å²) >= 11 is 0. The zero-order valence-electron chi connectivity index (χ0n) is 10.3. The van der Waals surface area contributed by atoms with Crippen LogP contribution in [-0.2, 0) is 14.3 Å². The van der Waals surface area contributed by atoms with E-state index in [0.29, 0.717) is 11.1 Å². The number of carboxylic acids is 2. The van der Waals surface area contributed by atoms with E-state index in [1.807, 2.05) is 0 Å². The first-order valence-corrected chi connectivity index (χ1v) is 5.26. The molecule has 0 aromatic heterocycles. The zero-order valence-corrected chi connectivity index (χ0v) is 10.3. The minimum atomic E-state index is -0.847. The third-order valence-corrected chi connectivity index (χ3v) is 2.20. The number of allylic oxidation sites excluding steroid dienone is 1. The monoisotopic (exact) mass is 242 g/mol. The van der Waals surface area contributed by atoms with Gasteiger partial charge in [-0.15, -0.1) is 0 Å². The van der Waals surface area contributed by atoms with Gasteiger partial charge in [0.05, 0.1) is 12.7 Å². The van der Waals surface area contributed by atoms with Gasteiger partial charge < -0.3 is 14.9 Å². The summed E-state index contributed by atoms with van der Waals surface area (Å²) in [7, 11) is 0. The van der Waals surface area contributed by atoms with Crippen LogP contribution in [0.5, 0.6) is 0 Å². The van der Waals surface area contributed by atoms with Crippen molar-refractivity contribution in [3.05, 3.63) is 23.3 Å². The van der Waals surface area contributed by atoms with Crippen LogP contribution in [0.15, 0.2) is 23.3 Å². The van der Waals surface area contributed by atoms with Crippen molar-refractivity contribution < 1.29 is 24.5 Å². The van der Waals surface area contributed by atoms with Crippen molar-refractivity contribution in [2.75, 3.05) is 6.61 Å². The number of carbonyl (C=O) groups is 2. The van der Waals surface area contributed by atoms with Crippen LogP contribution >= 0.6 is 0 Å². The average molecular weight is 242 g/mol. The molecule has 0 saturated carbocycles. The van der Waals surface area contributed by atoms with E-state index in [1.54, 1.807) is 32.9 Å². The lowest BCUT2D eigenvalue weighted by Gasteiger charge is -1.89. The number of hydrogen-bond acceptors (Lipinski definition) is 3. The highest BCUT2D eigenvalue weighted by Gasteiger charge is 2.20. The Morgan fingerprint density at radius 2 is 1.71 bits per heavy atom. The molecule has 1 aliphatic heterocycles. The van der Waals surface area contributed by atoms with Crippen LogP contribution < -0.4 is 0 Å².